The molecule has 2 N–H and O–H groups in total. The first-order valence-electron chi connectivity index (χ1n) is 5.81. The van der Waals surface area contributed by atoms with Crippen molar-refractivity contribution in [1.82, 2.24) is 9.80 Å². The van der Waals surface area contributed by atoms with Gasteiger partial charge in [-0.15, -0.1) is 0 Å². The molecule has 1 fully saturated rings. The SMILES string of the molecule is CCN(C)C(=O)N(C)C1CCCCC1N. The molecule has 2 amide bonds. The number of amides is 2. The number of hydrogen-bond donors (Lipinski definition) is 1. The van der Waals surface area contributed by atoms with E-state index in [2.05, 4.69) is 0 Å². The third-order valence-corrected chi connectivity index (χ3v) is 3.38. The molecule has 0 aromatic heterocycles. The zero-order chi connectivity index (χ0) is 11.4. The highest BCUT2D eigenvalue weighted by molar-refractivity contribution is 5.74. The second-order valence-electron chi connectivity index (χ2n) is 4.42. The minimum atomic E-state index is 0.0832. The van der Waals surface area contributed by atoms with Gasteiger partial charge in [-0.3, -0.25) is 0 Å². The Bertz CT molecular complexity index is 220. The summed E-state index contributed by atoms with van der Waals surface area (Å²) in [6.45, 7) is 2.72. The fraction of sp³-hybridized carbons (Fsp3) is 0.909. The Balaban J connectivity index is 2.57. The Kier molecular flexibility index (Phi) is 4.39. The molecule has 2 atom stereocenters. The van der Waals surface area contributed by atoms with Gasteiger partial charge in [0.15, 0.2) is 0 Å². The van der Waals surface area contributed by atoms with Gasteiger partial charge < -0.3 is 15.5 Å². The molecular formula is C11H23N3O. The molecule has 0 bridgehead atoms. The molecule has 0 spiro atoms. The molecule has 1 rings (SSSR count). The highest BCUT2D eigenvalue weighted by Crippen LogP contribution is 2.21. The van der Waals surface area contributed by atoms with Gasteiger partial charge in [-0.1, -0.05) is 12.8 Å². The van der Waals surface area contributed by atoms with Crippen molar-refractivity contribution >= 4 is 6.03 Å². The van der Waals surface area contributed by atoms with E-state index in [0.717, 1.165) is 19.4 Å². The molecule has 1 aliphatic carbocycles. The molecular weight excluding hydrogens is 190 g/mol. The number of carbonyl (C=O) groups excluding carboxylic acids is 1. The van der Waals surface area contributed by atoms with E-state index in [1.165, 1.54) is 12.8 Å². The maximum absolute atomic E-state index is 11.9. The number of likely N-dealkylation sites (N-methyl/N-ethyl adjacent to an activating group) is 1. The molecule has 0 aliphatic heterocycles. The lowest BCUT2D eigenvalue weighted by molar-refractivity contribution is 0.136. The smallest absolute Gasteiger partial charge is 0.319 e. The van der Waals surface area contributed by atoms with Crippen LogP contribution >= 0.6 is 0 Å². The first kappa shape index (κ1) is 12.3. The molecule has 0 heterocycles. The van der Waals surface area contributed by atoms with Gasteiger partial charge in [0.05, 0.1) is 0 Å². The Morgan fingerprint density at radius 2 is 1.93 bits per heavy atom. The van der Waals surface area contributed by atoms with E-state index in [1.54, 1.807) is 4.90 Å². The Morgan fingerprint density at radius 3 is 2.47 bits per heavy atom. The minimum Gasteiger partial charge on any atom is -0.328 e. The minimum absolute atomic E-state index is 0.0832. The van der Waals surface area contributed by atoms with Gasteiger partial charge in [0.2, 0.25) is 0 Å². The van der Waals surface area contributed by atoms with Crippen LogP contribution in [0.5, 0.6) is 0 Å². The lowest BCUT2D eigenvalue weighted by Crippen LogP contribution is -2.53. The van der Waals surface area contributed by atoms with Gasteiger partial charge in [-0.25, -0.2) is 4.79 Å². The van der Waals surface area contributed by atoms with Crippen molar-refractivity contribution in [2.75, 3.05) is 20.6 Å². The highest BCUT2D eigenvalue weighted by Gasteiger charge is 2.29. The van der Waals surface area contributed by atoms with Crippen molar-refractivity contribution in [2.45, 2.75) is 44.7 Å². The number of nitrogens with two attached hydrogens (primary N) is 1. The number of hydrogen-bond acceptors (Lipinski definition) is 2. The molecule has 88 valence electrons. The van der Waals surface area contributed by atoms with Crippen LogP contribution in [-0.2, 0) is 0 Å². The van der Waals surface area contributed by atoms with Crippen LogP contribution in [0.15, 0.2) is 0 Å². The van der Waals surface area contributed by atoms with Crippen molar-refractivity contribution in [3.63, 3.8) is 0 Å². The van der Waals surface area contributed by atoms with Crippen LogP contribution in [0, 0.1) is 0 Å². The first-order chi connectivity index (χ1) is 7.07. The average molecular weight is 213 g/mol. The third kappa shape index (κ3) is 2.84. The van der Waals surface area contributed by atoms with Crippen molar-refractivity contribution in [3.05, 3.63) is 0 Å². The summed E-state index contributed by atoms with van der Waals surface area (Å²) in [5.41, 5.74) is 6.05. The van der Waals surface area contributed by atoms with E-state index < -0.39 is 0 Å². The molecule has 0 saturated heterocycles. The average Bonchev–Trinajstić information content (AvgIpc) is 2.26. The number of urea groups is 1. The Morgan fingerprint density at radius 1 is 1.33 bits per heavy atom. The standard InChI is InChI=1S/C11H23N3O/c1-4-13(2)11(15)14(3)10-8-6-5-7-9(10)12/h9-10H,4-8,12H2,1-3H3. The summed E-state index contributed by atoms with van der Waals surface area (Å²) in [6, 6.07) is 0.457. The van der Waals surface area contributed by atoms with Crippen LogP contribution in [0.2, 0.25) is 0 Å². The fourth-order valence-corrected chi connectivity index (χ4v) is 2.17. The van der Waals surface area contributed by atoms with Gasteiger partial charge in [0, 0.05) is 32.7 Å². The van der Waals surface area contributed by atoms with Crippen LogP contribution in [0.1, 0.15) is 32.6 Å². The lowest BCUT2D eigenvalue weighted by atomic mass is 9.90. The number of rotatable bonds is 2. The van der Waals surface area contributed by atoms with E-state index in [1.807, 2.05) is 25.9 Å². The second-order valence-corrected chi connectivity index (χ2v) is 4.42. The van der Waals surface area contributed by atoms with Gasteiger partial charge in [-0.2, -0.15) is 0 Å². The van der Waals surface area contributed by atoms with E-state index >= 15 is 0 Å². The molecule has 1 saturated carbocycles. The second kappa shape index (κ2) is 5.35. The zero-order valence-electron chi connectivity index (χ0n) is 10.1. The van der Waals surface area contributed by atoms with E-state index in [9.17, 15) is 4.79 Å². The maximum Gasteiger partial charge on any atom is 0.319 e. The molecule has 4 heteroatoms. The predicted molar refractivity (Wildman–Crippen MR) is 61.7 cm³/mol. The van der Waals surface area contributed by atoms with Crippen LogP contribution < -0.4 is 5.73 Å². The van der Waals surface area contributed by atoms with Crippen molar-refractivity contribution in [2.24, 2.45) is 5.73 Å². The van der Waals surface area contributed by atoms with Crippen LogP contribution in [0.3, 0.4) is 0 Å². The van der Waals surface area contributed by atoms with Crippen LogP contribution in [0.4, 0.5) is 4.79 Å². The summed E-state index contributed by atoms with van der Waals surface area (Å²) < 4.78 is 0. The highest BCUT2D eigenvalue weighted by atomic mass is 16.2. The maximum atomic E-state index is 11.9. The Labute approximate surface area is 92.4 Å². The van der Waals surface area contributed by atoms with Crippen molar-refractivity contribution in [3.8, 4) is 0 Å². The molecule has 1 aliphatic rings. The summed E-state index contributed by atoms with van der Waals surface area (Å²) >= 11 is 0. The molecule has 4 nitrogen and oxygen atoms in total. The largest absolute Gasteiger partial charge is 0.328 e. The van der Waals surface area contributed by atoms with E-state index in [4.69, 9.17) is 5.73 Å². The monoisotopic (exact) mass is 213 g/mol. The van der Waals surface area contributed by atoms with Crippen molar-refractivity contribution < 1.29 is 4.79 Å². The summed E-state index contributed by atoms with van der Waals surface area (Å²) in [5, 5.41) is 0. The van der Waals surface area contributed by atoms with Gasteiger partial charge in [0.1, 0.15) is 0 Å². The van der Waals surface area contributed by atoms with Crippen LogP contribution in [-0.4, -0.2) is 48.6 Å². The topological polar surface area (TPSA) is 49.6 Å². The molecule has 0 aromatic rings. The lowest BCUT2D eigenvalue weighted by Gasteiger charge is -2.37. The number of nitrogens with zero attached hydrogens (tertiary/aromatic N) is 2. The summed E-state index contributed by atoms with van der Waals surface area (Å²) in [5.74, 6) is 0. The fourth-order valence-electron chi connectivity index (χ4n) is 2.17. The first-order valence-corrected chi connectivity index (χ1v) is 5.81. The summed E-state index contributed by atoms with van der Waals surface area (Å²) in [6.07, 6.45) is 4.47. The van der Waals surface area contributed by atoms with E-state index in [0.29, 0.717) is 0 Å². The zero-order valence-corrected chi connectivity index (χ0v) is 10.1. The molecule has 0 radical (unpaired) electrons. The number of carbonyl (C=O) groups is 1. The summed E-state index contributed by atoms with van der Waals surface area (Å²) in [4.78, 5) is 15.5. The van der Waals surface area contributed by atoms with Gasteiger partial charge in [0.25, 0.3) is 0 Å². The summed E-state index contributed by atoms with van der Waals surface area (Å²) in [7, 11) is 3.69. The normalized spacial score (nSPS) is 26.1. The quantitative estimate of drug-likeness (QED) is 0.750. The van der Waals surface area contributed by atoms with Crippen LogP contribution in [0.25, 0.3) is 0 Å². The molecule has 15 heavy (non-hydrogen) atoms. The van der Waals surface area contributed by atoms with E-state index in [-0.39, 0.29) is 18.1 Å². The van der Waals surface area contributed by atoms with Gasteiger partial charge >= 0.3 is 6.03 Å². The Hall–Kier alpha value is -0.770. The molecule has 0 aromatic carbocycles. The van der Waals surface area contributed by atoms with Crippen molar-refractivity contribution in [1.29, 1.82) is 0 Å². The van der Waals surface area contributed by atoms with Gasteiger partial charge in [-0.05, 0) is 19.8 Å². The third-order valence-electron chi connectivity index (χ3n) is 3.38. The predicted octanol–water partition coefficient (Wildman–Crippen LogP) is 1.26. The molecule has 2 unspecified atom stereocenters.